The maximum atomic E-state index is 7.10. The fourth-order valence-corrected chi connectivity index (χ4v) is 10.7. The fourth-order valence-electron chi connectivity index (χ4n) is 10.7. The molecule has 5 heteroatoms. The highest BCUT2D eigenvalue weighted by atomic mass is 16.3. The largest absolute Gasteiger partial charge is 0.456 e. The number of rotatable bonds is 3. The molecule has 0 aliphatic carbocycles. The zero-order valence-electron chi connectivity index (χ0n) is 36.4. The SMILES string of the molecule is CC(C)(C)c1ccc(N2B3c4cc5c(-c6ccccc6)oc(-c6ccccc6)c5cc4-n4c5cc6c(cc5c5ccc(c3c54)-c3cc(C(C)(C)C)ccc32)oc2ccccc26)cc1. The normalized spacial score (nSPS) is 13.5. The van der Waals surface area contributed by atoms with E-state index in [9.17, 15) is 0 Å². The van der Waals surface area contributed by atoms with Crippen LogP contribution in [0, 0.1) is 0 Å². The van der Waals surface area contributed by atoms with Crippen LogP contribution in [0.2, 0.25) is 0 Å². The Labute approximate surface area is 367 Å². The molecule has 0 N–H and O–H groups in total. The maximum absolute atomic E-state index is 7.10. The average molecular weight is 813 g/mol. The van der Waals surface area contributed by atoms with Gasteiger partial charge in [-0.3, -0.25) is 0 Å². The Morgan fingerprint density at radius 1 is 0.444 bits per heavy atom. The van der Waals surface area contributed by atoms with Gasteiger partial charge in [-0.25, -0.2) is 0 Å². The minimum atomic E-state index is -0.143. The lowest BCUT2D eigenvalue weighted by Crippen LogP contribution is -2.60. The summed E-state index contributed by atoms with van der Waals surface area (Å²) < 4.78 is 16.3. The van der Waals surface area contributed by atoms with Crippen molar-refractivity contribution in [2.75, 3.05) is 4.81 Å². The number of anilines is 2. The van der Waals surface area contributed by atoms with Gasteiger partial charge in [0, 0.05) is 66.1 Å². The molecule has 4 nitrogen and oxygen atoms in total. The molecule has 2 aliphatic heterocycles. The van der Waals surface area contributed by atoms with Crippen LogP contribution in [0.3, 0.4) is 0 Å². The van der Waals surface area contributed by atoms with E-state index in [2.05, 4.69) is 215 Å². The van der Waals surface area contributed by atoms with Gasteiger partial charge in [0.2, 0.25) is 0 Å². The average Bonchev–Trinajstić information content (AvgIpc) is 3.96. The van der Waals surface area contributed by atoms with E-state index < -0.39 is 0 Å². The minimum absolute atomic E-state index is 0.0259. The molecule has 0 fully saturated rings. The van der Waals surface area contributed by atoms with Crippen molar-refractivity contribution in [3.63, 3.8) is 0 Å². The third-order valence-corrected chi connectivity index (χ3v) is 13.9. The van der Waals surface area contributed by atoms with Crippen LogP contribution in [0.5, 0.6) is 0 Å². The first kappa shape index (κ1) is 36.4. The predicted octanol–water partition coefficient (Wildman–Crippen LogP) is 14.6. The van der Waals surface area contributed by atoms with Crippen LogP contribution < -0.4 is 15.7 Å². The summed E-state index contributed by atoms with van der Waals surface area (Å²) >= 11 is 0. The number of aromatic nitrogens is 1. The highest BCUT2D eigenvalue weighted by Gasteiger charge is 2.45. The Balaban J connectivity index is 1.21. The summed E-state index contributed by atoms with van der Waals surface area (Å²) in [6, 6.07) is 60.4. The van der Waals surface area contributed by atoms with E-state index in [0.717, 1.165) is 61.0 Å². The number of nitrogens with zero attached hydrogens (tertiary/aromatic N) is 2. The Bertz CT molecular complexity index is 3690. The molecule has 0 saturated carbocycles. The van der Waals surface area contributed by atoms with Crippen molar-refractivity contribution in [2.45, 2.75) is 52.4 Å². The topological polar surface area (TPSA) is 34.5 Å². The first-order valence-corrected chi connectivity index (χ1v) is 22.2. The molecule has 13 rings (SSSR count). The van der Waals surface area contributed by atoms with E-state index >= 15 is 0 Å². The Hall–Kier alpha value is -7.24. The molecule has 302 valence electrons. The molecule has 63 heavy (non-hydrogen) atoms. The van der Waals surface area contributed by atoms with Crippen LogP contribution in [-0.4, -0.2) is 11.4 Å². The van der Waals surface area contributed by atoms with Gasteiger partial charge in [-0.1, -0.05) is 157 Å². The molecule has 8 aromatic carbocycles. The molecule has 0 unspecified atom stereocenters. The molecule has 3 aromatic heterocycles. The van der Waals surface area contributed by atoms with Crippen molar-refractivity contribution in [1.82, 2.24) is 4.57 Å². The van der Waals surface area contributed by atoms with Gasteiger partial charge in [0.15, 0.2) is 0 Å². The van der Waals surface area contributed by atoms with Crippen LogP contribution in [0.15, 0.2) is 173 Å². The zero-order valence-corrected chi connectivity index (χ0v) is 36.4. The summed E-state index contributed by atoms with van der Waals surface area (Å²) in [5.41, 5.74) is 17.6. The van der Waals surface area contributed by atoms with Crippen molar-refractivity contribution in [3.8, 4) is 39.5 Å². The first-order valence-electron chi connectivity index (χ1n) is 22.2. The third kappa shape index (κ3) is 5.17. The van der Waals surface area contributed by atoms with Crippen molar-refractivity contribution in [2.24, 2.45) is 0 Å². The fraction of sp³-hybridized carbons (Fsp3) is 0.138. The van der Waals surface area contributed by atoms with Crippen LogP contribution >= 0.6 is 0 Å². The number of hydrogen-bond acceptors (Lipinski definition) is 3. The lowest BCUT2D eigenvalue weighted by molar-refractivity contribution is 0.590. The van der Waals surface area contributed by atoms with Gasteiger partial charge in [-0.15, -0.1) is 0 Å². The first-order chi connectivity index (χ1) is 30.5. The molecule has 0 radical (unpaired) electrons. The highest BCUT2D eigenvalue weighted by molar-refractivity contribution is 6.94. The summed E-state index contributed by atoms with van der Waals surface area (Å²) in [6.07, 6.45) is 0. The number of fused-ring (bicyclic) bond motifs is 12. The summed E-state index contributed by atoms with van der Waals surface area (Å²) in [7, 11) is 0. The van der Waals surface area contributed by atoms with Gasteiger partial charge < -0.3 is 18.2 Å². The van der Waals surface area contributed by atoms with Crippen molar-refractivity contribution in [3.05, 3.63) is 175 Å². The summed E-state index contributed by atoms with van der Waals surface area (Å²) in [5, 5.41) is 6.85. The van der Waals surface area contributed by atoms with E-state index in [1.54, 1.807) is 0 Å². The van der Waals surface area contributed by atoms with E-state index in [1.807, 2.05) is 0 Å². The van der Waals surface area contributed by atoms with E-state index in [4.69, 9.17) is 8.83 Å². The number of hydrogen-bond donors (Lipinski definition) is 0. The molecule has 5 heterocycles. The van der Waals surface area contributed by atoms with Crippen LogP contribution in [0.4, 0.5) is 11.4 Å². The molecular weight excluding hydrogens is 767 g/mol. The van der Waals surface area contributed by atoms with Gasteiger partial charge >= 0.3 is 6.85 Å². The standard InChI is InChI=1S/C58H45BN2O2/c1-57(2,3)36-21-24-38(25-22-36)61-48-28-23-37(58(4,5)6)29-42(48)40-26-27-41-43-33-52-44(39-19-13-14-20-51(39)62-52)31-49(43)60-50-32-46-45(30-47(50)59(61)53(40)54(41)60)55(34-15-9-7-10-16-34)63-56(46)35-17-11-8-12-18-35/h7-33H,1-6H3. The van der Waals surface area contributed by atoms with Crippen molar-refractivity contribution in [1.29, 1.82) is 0 Å². The van der Waals surface area contributed by atoms with E-state index in [-0.39, 0.29) is 17.7 Å². The quantitative estimate of drug-likeness (QED) is 0.167. The van der Waals surface area contributed by atoms with Gasteiger partial charge in [-0.2, -0.15) is 0 Å². The van der Waals surface area contributed by atoms with E-state index in [1.165, 1.54) is 66.4 Å². The number of para-hydroxylation sites is 1. The van der Waals surface area contributed by atoms with Crippen molar-refractivity contribution >= 4 is 83.7 Å². The summed E-state index contributed by atoms with van der Waals surface area (Å²) in [4.78, 5) is 2.63. The molecule has 0 saturated heterocycles. The minimum Gasteiger partial charge on any atom is -0.456 e. The van der Waals surface area contributed by atoms with Gasteiger partial charge in [0.1, 0.15) is 22.7 Å². The van der Waals surface area contributed by atoms with Crippen LogP contribution in [0.1, 0.15) is 52.7 Å². The molecule has 11 aromatic rings. The second kappa shape index (κ2) is 12.7. The summed E-state index contributed by atoms with van der Waals surface area (Å²) in [6.45, 7) is 13.7. The molecule has 0 bridgehead atoms. The zero-order chi connectivity index (χ0) is 42.5. The van der Waals surface area contributed by atoms with Crippen LogP contribution in [-0.2, 0) is 10.8 Å². The molecule has 0 spiro atoms. The maximum Gasteiger partial charge on any atom is 0.333 e. The third-order valence-electron chi connectivity index (χ3n) is 13.9. The highest BCUT2D eigenvalue weighted by Crippen LogP contribution is 2.49. The Morgan fingerprint density at radius 2 is 1.10 bits per heavy atom. The van der Waals surface area contributed by atoms with Crippen LogP contribution in [0.25, 0.3) is 94.0 Å². The van der Waals surface area contributed by atoms with Gasteiger partial charge in [-0.05, 0) is 87.0 Å². The molecule has 0 amide bonds. The predicted molar refractivity (Wildman–Crippen MR) is 265 cm³/mol. The Kier molecular flexibility index (Phi) is 7.33. The second-order valence-electron chi connectivity index (χ2n) is 19.7. The van der Waals surface area contributed by atoms with Crippen molar-refractivity contribution < 1.29 is 8.83 Å². The number of furan rings is 2. The van der Waals surface area contributed by atoms with Gasteiger partial charge in [0.05, 0.1) is 11.0 Å². The monoisotopic (exact) mass is 812 g/mol. The smallest absolute Gasteiger partial charge is 0.333 e. The van der Waals surface area contributed by atoms with Gasteiger partial charge in [0.25, 0.3) is 0 Å². The number of benzene rings is 8. The lowest BCUT2D eigenvalue weighted by atomic mass is 9.43. The molecular formula is C58H45BN2O2. The molecule has 2 aliphatic rings. The summed E-state index contributed by atoms with van der Waals surface area (Å²) in [5.74, 6) is 1.76. The van der Waals surface area contributed by atoms with E-state index in [0.29, 0.717) is 0 Å². The lowest BCUT2D eigenvalue weighted by Gasteiger charge is -2.42. The molecule has 0 atom stereocenters. The second-order valence-corrected chi connectivity index (χ2v) is 19.7. The Morgan fingerprint density at radius 3 is 1.79 bits per heavy atom.